The first-order valence-electron chi connectivity index (χ1n) is 5.87. The van der Waals surface area contributed by atoms with Gasteiger partial charge in [-0.05, 0) is 30.5 Å². The van der Waals surface area contributed by atoms with E-state index in [2.05, 4.69) is 28.2 Å². The van der Waals surface area contributed by atoms with Crippen LogP contribution in [-0.2, 0) is 9.05 Å². The molecule has 1 aliphatic rings. The summed E-state index contributed by atoms with van der Waals surface area (Å²) in [5.41, 5.74) is 0.287. The lowest BCUT2D eigenvalue weighted by Gasteiger charge is -2.06. The summed E-state index contributed by atoms with van der Waals surface area (Å²) in [5, 5.41) is 2.88. The topological polar surface area (TPSA) is 63.2 Å². The van der Waals surface area contributed by atoms with Gasteiger partial charge in [0.2, 0.25) is 0 Å². The van der Waals surface area contributed by atoms with Crippen LogP contribution in [0.2, 0.25) is 0 Å². The molecule has 1 aromatic carbocycles. The van der Waals surface area contributed by atoms with Crippen molar-refractivity contribution in [3.63, 3.8) is 0 Å². The number of carbonyl (C=O) groups excluding carboxylic acids is 1. The molecule has 1 fully saturated rings. The summed E-state index contributed by atoms with van der Waals surface area (Å²) in [6, 6.07) is 4.42. The Morgan fingerprint density at radius 2 is 2.16 bits per heavy atom. The molecule has 1 N–H and O–H groups in total. The van der Waals surface area contributed by atoms with Crippen LogP contribution in [0.4, 0.5) is 0 Å². The molecular formula is C12H13BrClNO3S. The number of carbonyl (C=O) groups is 1. The largest absolute Gasteiger partial charge is 0.349 e. The minimum Gasteiger partial charge on any atom is -0.349 e. The van der Waals surface area contributed by atoms with Gasteiger partial charge in [-0.1, -0.05) is 29.3 Å². The molecule has 4 nitrogen and oxygen atoms in total. The third kappa shape index (κ3) is 3.70. The number of benzene rings is 1. The van der Waals surface area contributed by atoms with Crippen molar-refractivity contribution in [2.45, 2.75) is 30.7 Å². The van der Waals surface area contributed by atoms with Crippen LogP contribution >= 0.6 is 26.6 Å². The molecule has 1 amide bonds. The van der Waals surface area contributed by atoms with Crippen LogP contribution < -0.4 is 5.32 Å². The molecule has 0 aliphatic heterocycles. The maximum absolute atomic E-state index is 12.0. The minimum atomic E-state index is -3.85. The van der Waals surface area contributed by atoms with Gasteiger partial charge in [0, 0.05) is 26.8 Å². The van der Waals surface area contributed by atoms with Crippen molar-refractivity contribution in [2.24, 2.45) is 5.92 Å². The van der Waals surface area contributed by atoms with E-state index in [1.165, 1.54) is 12.1 Å². The van der Waals surface area contributed by atoms with E-state index < -0.39 is 9.05 Å². The van der Waals surface area contributed by atoms with Gasteiger partial charge in [-0.3, -0.25) is 4.79 Å². The Hall–Kier alpha value is -0.590. The highest BCUT2D eigenvalue weighted by Crippen LogP contribution is 2.33. The average Bonchev–Trinajstić information content (AvgIpc) is 3.05. The van der Waals surface area contributed by atoms with Crippen molar-refractivity contribution in [2.75, 3.05) is 0 Å². The number of amides is 1. The Morgan fingerprint density at radius 3 is 2.68 bits per heavy atom. The van der Waals surface area contributed by atoms with Gasteiger partial charge >= 0.3 is 0 Å². The molecule has 2 rings (SSSR count). The predicted molar refractivity (Wildman–Crippen MR) is 76.8 cm³/mol. The summed E-state index contributed by atoms with van der Waals surface area (Å²) in [6.45, 7) is 2.08. The van der Waals surface area contributed by atoms with E-state index in [0.29, 0.717) is 10.4 Å². The molecule has 0 saturated heterocycles. The second kappa shape index (κ2) is 5.42. The van der Waals surface area contributed by atoms with Gasteiger partial charge in [0.1, 0.15) is 0 Å². The molecule has 104 valence electrons. The molecule has 0 heterocycles. The van der Waals surface area contributed by atoms with Crippen LogP contribution in [0.15, 0.2) is 27.6 Å². The van der Waals surface area contributed by atoms with Gasteiger partial charge in [-0.25, -0.2) is 8.42 Å². The first-order valence-corrected chi connectivity index (χ1v) is 8.97. The Balaban J connectivity index is 2.20. The Kier molecular flexibility index (Phi) is 4.23. The molecule has 2 atom stereocenters. The lowest BCUT2D eigenvalue weighted by atomic mass is 10.2. The quantitative estimate of drug-likeness (QED) is 0.833. The zero-order chi connectivity index (χ0) is 14.2. The highest BCUT2D eigenvalue weighted by Gasteiger charge is 2.36. The van der Waals surface area contributed by atoms with Gasteiger partial charge in [-0.2, -0.15) is 0 Å². The molecule has 1 aliphatic carbocycles. The van der Waals surface area contributed by atoms with Crippen LogP contribution in [0.25, 0.3) is 0 Å². The van der Waals surface area contributed by atoms with Gasteiger partial charge < -0.3 is 5.32 Å². The summed E-state index contributed by atoms with van der Waals surface area (Å²) >= 11 is 3.18. The molecule has 1 aromatic rings. The van der Waals surface area contributed by atoms with E-state index in [9.17, 15) is 13.2 Å². The second-order valence-corrected chi connectivity index (χ2v) is 8.08. The fraction of sp³-hybridized carbons (Fsp3) is 0.417. The first kappa shape index (κ1) is 14.8. The first-order chi connectivity index (χ1) is 8.81. The van der Waals surface area contributed by atoms with Crippen LogP contribution in [0, 0.1) is 5.92 Å². The Labute approximate surface area is 125 Å². The number of hydrogen-bond acceptors (Lipinski definition) is 3. The van der Waals surface area contributed by atoms with Crippen molar-refractivity contribution in [1.29, 1.82) is 0 Å². The molecule has 0 bridgehead atoms. The third-order valence-electron chi connectivity index (χ3n) is 3.18. The van der Waals surface area contributed by atoms with Crippen LogP contribution in [0.1, 0.15) is 30.1 Å². The molecule has 0 spiro atoms. The fourth-order valence-electron chi connectivity index (χ4n) is 1.96. The number of rotatable bonds is 4. The van der Waals surface area contributed by atoms with E-state index >= 15 is 0 Å². The van der Waals surface area contributed by atoms with E-state index in [4.69, 9.17) is 10.7 Å². The highest BCUT2D eigenvalue weighted by molar-refractivity contribution is 9.10. The molecule has 7 heteroatoms. The second-order valence-electron chi connectivity index (χ2n) is 4.60. The van der Waals surface area contributed by atoms with Crippen molar-refractivity contribution >= 4 is 41.6 Å². The van der Waals surface area contributed by atoms with Crippen LogP contribution in [0.5, 0.6) is 0 Å². The molecular weight excluding hydrogens is 354 g/mol. The van der Waals surface area contributed by atoms with Crippen molar-refractivity contribution in [1.82, 2.24) is 5.32 Å². The number of halogens is 2. The molecule has 19 heavy (non-hydrogen) atoms. The van der Waals surface area contributed by atoms with Crippen LogP contribution in [-0.4, -0.2) is 20.4 Å². The van der Waals surface area contributed by atoms with E-state index in [1.807, 2.05) is 0 Å². The predicted octanol–water partition coefficient (Wildman–Crippen LogP) is 2.90. The lowest BCUT2D eigenvalue weighted by molar-refractivity contribution is 0.0948. The lowest BCUT2D eigenvalue weighted by Crippen LogP contribution is -2.26. The fourth-order valence-corrected chi connectivity index (χ4v) is 3.41. The normalized spacial score (nSPS) is 22.1. The smallest absolute Gasteiger partial charge is 0.261 e. The van der Waals surface area contributed by atoms with Gasteiger partial charge in [0.05, 0.1) is 4.90 Å². The molecule has 0 radical (unpaired) electrons. The number of nitrogens with one attached hydrogen (secondary N) is 1. The number of hydrogen-bond donors (Lipinski definition) is 1. The summed E-state index contributed by atoms with van der Waals surface area (Å²) in [6.07, 6.45) is 2.02. The standard InChI is InChI=1S/C12H13BrClNO3S/c1-2-7-5-11(7)15-12(16)8-3-9(13)6-10(4-8)19(14,17)18/h3-4,6-7,11H,2,5H2,1H3,(H,15,16). The zero-order valence-corrected chi connectivity index (χ0v) is 13.3. The Morgan fingerprint density at radius 1 is 1.47 bits per heavy atom. The molecule has 1 saturated carbocycles. The van der Waals surface area contributed by atoms with E-state index in [0.717, 1.165) is 12.8 Å². The average molecular weight is 367 g/mol. The van der Waals surface area contributed by atoms with Gasteiger partial charge in [-0.15, -0.1) is 0 Å². The van der Waals surface area contributed by atoms with Crippen molar-refractivity contribution < 1.29 is 13.2 Å². The molecule has 2 unspecified atom stereocenters. The summed E-state index contributed by atoms with van der Waals surface area (Å²) in [5.74, 6) is 0.260. The van der Waals surface area contributed by atoms with Gasteiger partial charge in [0.15, 0.2) is 0 Å². The zero-order valence-electron chi connectivity index (χ0n) is 10.2. The third-order valence-corrected chi connectivity index (χ3v) is 4.97. The minimum absolute atomic E-state index is 0.0865. The maximum atomic E-state index is 12.0. The van der Waals surface area contributed by atoms with Crippen molar-refractivity contribution in [3.05, 3.63) is 28.2 Å². The SMILES string of the molecule is CCC1CC1NC(=O)c1cc(Br)cc(S(=O)(=O)Cl)c1. The summed E-state index contributed by atoms with van der Waals surface area (Å²) in [4.78, 5) is 11.9. The van der Waals surface area contributed by atoms with Gasteiger partial charge in [0.25, 0.3) is 15.0 Å². The highest BCUT2D eigenvalue weighted by atomic mass is 79.9. The van der Waals surface area contributed by atoms with E-state index in [1.54, 1.807) is 6.07 Å². The summed E-state index contributed by atoms with van der Waals surface area (Å²) < 4.78 is 23.1. The molecule has 0 aromatic heterocycles. The van der Waals surface area contributed by atoms with Crippen LogP contribution in [0.3, 0.4) is 0 Å². The summed E-state index contributed by atoms with van der Waals surface area (Å²) in [7, 11) is 1.44. The monoisotopic (exact) mass is 365 g/mol. The Bertz CT molecular complexity index is 617. The van der Waals surface area contributed by atoms with Crippen molar-refractivity contribution in [3.8, 4) is 0 Å². The maximum Gasteiger partial charge on any atom is 0.261 e. The van der Waals surface area contributed by atoms with E-state index in [-0.39, 0.29) is 22.4 Å².